The lowest BCUT2D eigenvalue weighted by Gasteiger charge is -2.24. The second-order valence-electron chi connectivity index (χ2n) is 5.99. The minimum absolute atomic E-state index is 0.462. The highest BCUT2D eigenvalue weighted by Crippen LogP contribution is 2.17. The Labute approximate surface area is 126 Å². The summed E-state index contributed by atoms with van der Waals surface area (Å²) in [6.07, 6.45) is 10.8. The van der Waals surface area contributed by atoms with Crippen molar-refractivity contribution in [3.8, 4) is 0 Å². The van der Waals surface area contributed by atoms with Crippen molar-refractivity contribution in [2.24, 2.45) is 0 Å². The van der Waals surface area contributed by atoms with Crippen LogP contribution in [0.3, 0.4) is 0 Å². The van der Waals surface area contributed by atoms with E-state index in [-0.39, 0.29) is 0 Å². The number of hydrogen-bond donors (Lipinski definition) is 1. The van der Waals surface area contributed by atoms with E-state index >= 15 is 0 Å². The van der Waals surface area contributed by atoms with E-state index in [1.54, 1.807) is 0 Å². The Balaban J connectivity index is 2.42. The molecular weight excluding hydrogens is 242 g/mol. The highest BCUT2D eigenvalue weighted by atomic mass is 14.9. The van der Waals surface area contributed by atoms with Crippen molar-refractivity contribution in [2.45, 2.75) is 84.2 Å². The molecule has 0 radical (unpaired) electrons. The molecule has 0 heterocycles. The largest absolute Gasteiger partial charge is 0.307 e. The van der Waals surface area contributed by atoms with E-state index < -0.39 is 0 Å². The Morgan fingerprint density at radius 3 is 2.15 bits per heavy atom. The molecule has 0 aliphatic rings. The highest BCUT2D eigenvalue weighted by Gasteiger charge is 2.12. The van der Waals surface area contributed by atoms with Crippen LogP contribution in [0.5, 0.6) is 0 Å². The minimum Gasteiger partial charge on any atom is -0.307 e. The van der Waals surface area contributed by atoms with Gasteiger partial charge in [0.1, 0.15) is 0 Å². The predicted octanol–water partition coefficient (Wildman–Crippen LogP) is 5.87. The molecule has 0 spiro atoms. The van der Waals surface area contributed by atoms with Gasteiger partial charge in [0.05, 0.1) is 0 Å². The fourth-order valence-corrected chi connectivity index (χ4v) is 2.77. The van der Waals surface area contributed by atoms with Gasteiger partial charge in [0, 0.05) is 12.1 Å². The van der Waals surface area contributed by atoms with E-state index in [4.69, 9.17) is 0 Å². The third kappa shape index (κ3) is 7.09. The molecule has 1 N–H and O–H groups in total. The summed E-state index contributed by atoms with van der Waals surface area (Å²) < 4.78 is 0. The zero-order chi connectivity index (χ0) is 14.6. The number of rotatable bonds is 11. The van der Waals surface area contributed by atoms with Gasteiger partial charge in [-0.2, -0.15) is 0 Å². The average molecular weight is 275 g/mol. The maximum atomic E-state index is 3.84. The molecule has 1 heteroatoms. The SMILES string of the molecule is CCCCCC[C@H](CCCC)NC(C)c1ccccc1. The van der Waals surface area contributed by atoms with Gasteiger partial charge in [-0.05, 0) is 25.3 Å². The van der Waals surface area contributed by atoms with Crippen molar-refractivity contribution in [2.75, 3.05) is 0 Å². The van der Waals surface area contributed by atoms with Crippen molar-refractivity contribution in [3.63, 3.8) is 0 Å². The summed E-state index contributed by atoms with van der Waals surface area (Å²) >= 11 is 0. The summed E-state index contributed by atoms with van der Waals surface area (Å²) in [5.74, 6) is 0. The summed E-state index contributed by atoms with van der Waals surface area (Å²) in [4.78, 5) is 0. The molecule has 1 aromatic rings. The molecule has 0 bridgehead atoms. The summed E-state index contributed by atoms with van der Waals surface area (Å²) in [6, 6.07) is 12.0. The summed E-state index contributed by atoms with van der Waals surface area (Å²) in [5, 5.41) is 3.84. The molecule has 0 aliphatic heterocycles. The molecule has 0 saturated heterocycles. The van der Waals surface area contributed by atoms with Crippen LogP contribution in [-0.2, 0) is 0 Å². The Kier molecular flexibility index (Phi) is 9.40. The fourth-order valence-electron chi connectivity index (χ4n) is 2.77. The van der Waals surface area contributed by atoms with E-state index in [1.165, 1.54) is 56.9 Å². The van der Waals surface area contributed by atoms with Crippen LogP contribution < -0.4 is 5.32 Å². The van der Waals surface area contributed by atoms with E-state index in [9.17, 15) is 0 Å². The molecule has 0 fully saturated rings. The van der Waals surface area contributed by atoms with Gasteiger partial charge in [0.25, 0.3) is 0 Å². The Morgan fingerprint density at radius 2 is 1.50 bits per heavy atom. The van der Waals surface area contributed by atoms with Crippen LogP contribution in [0.1, 0.15) is 83.7 Å². The van der Waals surface area contributed by atoms with E-state index in [0.29, 0.717) is 12.1 Å². The van der Waals surface area contributed by atoms with E-state index in [2.05, 4.69) is 56.4 Å². The number of hydrogen-bond acceptors (Lipinski definition) is 1. The molecule has 0 saturated carbocycles. The molecule has 1 aromatic carbocycles. The quantitative estimate of drug-likeness (QED) is 0.498. The molecular formula is C19H33N. The Bertz CT molecular complexity index is 320. The van der Waals surface area contributed by atoms with Crippen molar-refractivity contribution in [1.29, 1.82) is 0 Å². The lowest BCUT2D eigenvalue weighted by Crippen LogP contribution is -2.31. The second kappa shape index (κ2) is 10.9. The van der Waals surface area contributed by atoms with Crippen LogP contribution in [0.2, 0.25) is 0 Å². The average Bonchev–Trinajstić information content (AvgIpc) is 2.49. The smallest absolute Gasteiger partial charge is 0.0294 e. The maximum absolute atomic E-state index is 3.84. The normalized spacial score (nSPS) is 14.2. The lowest BCUT2D eigenvalue weighted by molar-refractivity contribution is 0.385. The third-order valence-electron chi connectivity index (χ3n) is 4.10. The minimum atomic E-state index is 0.462. The first-order chi connectivity index (χ1) is 9.77. The van der Waals surface area contributed by atoms with Gasteiger partial charge in [0.15, 0.2) is 0 Å². The van der Waals surface area contributed by atoms with Crippen LogP contribution in [0.4, 0.5) is 0 Å². The van der Waals surface area contributed by atoms with E-state index in [1.807, 2.05) is 0 Å². The van der Waals surface area contributed by atoms with Gasteiger partial charge in [-0.15, -0.1) is 0 Å². The van der Waals surface area contributed by atoms with Crippen molar-refractivity contribution in [3.05, 3.63) is 35.9 Å². The van der Waals surface area contributed by atoms with Crippen molar-refractivity contribution < 1.29 is 0 Å². The fraction of sp³-hybridized carbons (Fsp3) is 0.684. The van der Waals surface area contributed by atoms with Crippen LogP contribution in [0, 0.1) is 0 Å². The standard InChI is InChI=1S/C19H33N/c1-4-6-8-12-16-19(15-7-5-2)20-17(3)18-13-10-9-11-14-18/h9-11,13-14,17,19-20H,4-8,12,15-16H2,1-3H3/t17?,19-/m0/s1. The van der Waals surface area contributed by atoms with Crippen LogP contribution in [-0.4, -0.2) is 6.04 Å². The van der Waals surface area contributed by atoms with Crippen LogP contribution in [0.25, 0.3) is 0 Å². The lowest BCUT2D eigenvalue weighted by atomic mass is 10.00. The molecule has 114 valence electrons. The monoisotopic (exact) mass is 275 g/mol. The summed E-state index contributed by atoms with van der Waals surface area (Å²) in [7, 11) is 0. The number of nitrogens with one attached hydrogen (secondary N) is 1. The van der Waals surface area contributed by atoms with Crippen molar-refractivity contribution >= 4 is 0 Å². The predicted molar refractivity (Wildman–Crippen MR) is 90.1 cm³/mol. The number of benzene rings is 1. The molecule has 0 aromatic heterocycles. The van der Waals surface area contributed by atoms with Crippen LogP contribution >= 0.6 is 0 Å². The molecule has 1 nitrogen and oxygen atoms in total. The first-order valence-electron chi connectivity index (χ1n) is 8.58. The molecule has 20 heavy (non-hydrogen) atoms. The zero-order valence-corrected chi connectivity index (χ0v) is 13.7. The number of unbranched alkanes of at least 4 members (excludes halogenated alkanes) is 4. The van der Waals surface area contributed by atoms with E-state index in [0.717, 1.165) is 0 Å². The maximum Gasteiger partial charge on any atom is 0.0294 e. The first-order valence-corrected chi connectivity index (χ1v) is 8.58. The molecule has 1 rings (SSSR count). The van der Waals surface area contributed by atoms with Gasteiger partial charge >= 0.3 is 0 Å². The summed E-state index contributed by atoms with van der Waals surface area (Å²) in [6.45, 7) is 6.86. The van der Waals surface area contributed by atoms with Crippen LogP contribution in [0.15, 0.2) is 30.3 Å². The van der Waals surface area contributed by atoms with Gasteiger partial charge in [0.2, 0.25) is 0 Å². The Hall–Kier alpha value is -0.820. The molecule has 0 amide bonds. The Morgan fingerprint density at radius 1 is 0.850 bits per heavy atom. The zero-order valence-electron chi connectivity index (χ0n) is 13.7. The second-order valence-corrected chi connectivity index (χ2v) is 5.99. The van der Waals surface area contributed by atoms with Gasteiger partial charge in [-0.3, -0.25) is 0 Å². The first kappa shape index (κ1) is 17.2. The highest BCUT2D eigenvalue weighted by molar-refractivity contribution is 5.18. The molecule has 2 atom stereocenters. The molecule has 1 unspecified atom stereocenters. The third-order valence-corrected chi connectivity index (χ3v) is 4.10. The molecule has 0 aliphatic carbocycles. The van der Waals surface area contributed by atoms with Crippen molar-refractivity contribution in [1.82, 2.24) is 5.32 Å². The van der Waals surface area contributed by atoms with Gasteiger partial charge in [-0.25, -0.2) is 0 Å². The van der Waals surface area contributed by atoms with Gasteiger partial charge in [-0.1, -0.05) is 82.7 Å². The topological polar surface area (TPSA) is 12.0 Å². The summed E-state index contributed by atoms with van der Waals surface area (Å²) in [5.41, 5.74) is 1.41. The van der Waals surface area contributed by atoms with Gasteiger partial charge < -0.3 is 5.32 Å².